The summed E-state index contributed by atoms with van der Waals surface area (Å²) < 4.78 is 2.86. The van der Waals surface area contributed by atoms with Gasteiger partial charge in [0.2, 0.25) is 0 Å². The SMILES string of the molecule is C1=CSC(=C2SC=CS2)S1.[Ni+2]. The van der Waals surface area contributed by atoms with E-state index in [0.29, 0.717) is 0 Å². The van der Waals surface area contributed by atoms with Crippen molar-refractivity contribution in [1.82, 2.24) is 0 Å². The third-order valence-electron chi connectivity index (χ3n) is 0.978. The van der Waals surface area contributed by atoms with E-state index in [0.717, 1.165) is 0 Å². The summed E-state index contributed by atoms with van der Waals surface area (Å²) in [5, 5.41) is 8.53. The van der Waals surface area contributed by atoms with Gasteiger partial charge in [0, 0.05) is 0 Å². The van der Waals surface area contributed by atoms with E-state index >= 15 is 0 Å². The van der Waals surface area contributed by atoms with Crippen molar-refractivity contribution in [3.63, 3.8) is 0 Å². The van der Waals surface area contributed by atoms with Gasteiger partial charge in [-0.3, -0.25) is 0 Å². The first-order valence-electron chi connectivity index (χ1n) is 2.68. The molecule has 11 heavy (non-hydrogen) atoms. The first-order chi connectivity index (χ1) is 4.97. The molecule has 2 heterocycles. The van der Waals surface area contributed by atoms with Gasteiger partial charge in [-0.15, -0.1) is 0 Å². The van der Waals surface area contributed by atoms with Crippen molar-refractivity contribution < 1.29 is 16.5 Å². The Morgan fingerprint density at radius 3 is 1.18 bits per heavy atom. The summed E-state index contributed by atoms with van der Waals surface area (Å²) in [6.45, 7) is 0. The number of hydrogen-bond acceptors (Lipinski definition) is 4. The predicted molar refractivity (Wildman–Crippen MR) is 55.7 cm³/mol. The molecular weight excluding hydrogens is 259 g/mol. The van der Waals surface area contributed by atoms with E-state index in [1.54, 1.807) is 0 Å². The summed E-state index contributed by atoms with van der Waals surface area (Å²) in [6, 6.07) is 0. The van der Waals surface area contributed by atoms with Crippen LogP contribution in [0.3, 0.4) is 0 Å². The van der Waals surface area contributed by atoms with Gasteiger partial charge in [0.1, 0.15) is 0 Å². The Balaban J connectivity index is 0.000000605. The molecule has 0 fully saturated rings. The summed E-state index contributed by atoms with van der Waals surface area (Å²) in [6.07, 6.45) is 0. The van der Waals surface area contributed by atoms with Gasteiger partial charge in [0.05, 0.1) is 8.47 Å². The zero-order valence-electron chi connectivity index (χ0n) is 5.26. The molecule has 0 saturated carbocycles. The Bertz CT molecular complexity index is 187. The zero-order chi connectivity index (χ0) is 6.81. The van der Waals surface area contributed by atoms with Gasteiger partial charge in [-0.25, -0.2) is 0 Å². The molecule has 0 spiro atoms. The average molecular weight is 263 g/mol. The van der Waals surface area contributed by atoms with Crippen LogP contribution in [0.15, 0.2) is 30.1 Å². The van der Waals surface area contributed by atoms with Crippen molar-refractivity contribution in [1.29, 1.82) is 0 Å². The molecule has 60 valence electrons. The summed E-state index contributed by atoms with van der Waals surface area (Å²) in [5.74, 6) is 0. The maximum atomic E-state index is 2.13. The van der Waals surface area contributed by atoms with Crippen LogP contribution in [0.1, 0.15) is 0 Å². The first kappa shape index (κ1) is 10.2. The van der Waals surface area contributed by atoms with Gasteiger partial charge in [0.15, 0.2) is 0 Å². The van der Waals surface area contributed by atoms with E-state index in [2.05, 4.69) is 21.6 Å². The van der Waals surface area contributed by atoms with Crippen LogP contribution in [0.4, 0.5) is 0 Å². The Hall–Kier alpha value is 1.11. The predicted octanol–water partition coefficient (Wildman–Crippen LogP) is 4.01. The Kier molecular flexibility index (Phi) is 4.61. The monoisotopic (exact) mass is 262 g/mol. The molecule has 2 aliphatic heterocycles. The fourth-order valence-electron chi connectivity index (χ4n) is 0.606. The Morgan fingerprint density at radius 2 is 0.909 bits per heavy atom. The maximum absolute atomic E-state index is 2.13. The third-order valence-corrected chi connectivity index (χ3v) is 5.76. The van der Waals surface area contributed by atoms with E-state index in [-0.39, 0.29) is 16.5 Å². The van der Waals surface area contributed by atoms with Crippen molar-refractivity contribution in [3.8, 4) is 0 Å². The second kappa shape index (κ2) is 4.98. The molecule has 0 amide bonds. The number of rotatable bonds is 0. The number of hydrogen-bond donors (Lipinski definition) is 0. The molecule has 5 heteroatoms. The van der Waals surface area contributed by atoms with Crippen LogP contribution in [0.5, 0.6) is 0 Å². The van der Waals surface area contributed by atoms with Crippen LogP contribution in [-0.4, -0.2) is 0 Å². The quantitative estimate of drug-likeness (QED) is 0.605. The van der Waals surface area contributed by atoms with Gasteiger partial charge in [-0.2, -0.15) is 0 Å². The molecule has 0 atom stereocenters. The molecule has 0 nitrogen and oxygen atoms in total. The fourth-order valence-corrected chi connectivity index (χ4v) is 4.64. The molecule has 0 N–H and O–H groups in total. The molecule has 0 bridgehead atoms. The molecule has 0 radical (unpaired) electrons. The second-order valence-electron chi connectivity index (χ2n) is 1.59. The van der Waals surface area contributed by atoms with Crippen LogP contribution in [0.2, 0.25) is 0 Å². The molecule has 0 aromatic rings. The molecule has 2 aliphatic rings. The molecule has 0 aromatic carbocycles. The molecule has 0 unspecified atom stereocenters. The van der Waals surface area contributed by atoms with Gasteiger partial charge < -0.3 is 0 Å². The summed E-state index contributed by atoms with van der Waals surface area (Å²) in [4.78, 5) is 0. The largest absolute Gasteiger partial charge is 2.00 e. The van der Waals surface area contributed by atoms with E-state index < -0.39 is 0 Å². The van der Waals surface area contributed by atoms with Gasteiger partial charge in [0.25, 0.3) is 0 Å². The van der Waals surface area contributed by atoms with Gasteiger partial charge in [-0.1, -0.05) is 47.0 Å². The van der Waals surface area contributed by atoms with Crippen molar-refractivity contribution in [2.75, 3.05) is 0 Å². The van der Waals surface area contributed by atoms with E-state index in [1.807, 2.05) is 47.0 Å². The topological polar surface area (TPSA) is 0 Å². The minimum Gasteiger partial charge on any atom is -0.0884 e. The molecular formula is C6H4NiS4+2. The summed E-state index contributed by atoms with van der Waals surface area (Å²) in [5.41, 5.74) is 0. The van der Waals surface area contributed by atoms with Crippen LogP contribution in [0.25, 0.3) is 0 Å². The fraction of sp³-hybridized carbons (Fsp3) is 0. The smallest absolute Gasteiger partial charge is 0.0884 e. The van der Waals surface area contributed by atoms with Crippen molar-refractivity contribution in [2.45, 2.75) is 0 Å². The van der Waals surface area contributed by atoms with Gasteiger partial charge in [-0.05, 0) is 21.6 Å². The Labute approximate surface area is 93.0 Å². The van der Waals surface area contributed by atoms with E-state index in [4.69, 9.17) is 0 Å². The maximum Gasteiger partial charge on any atom is 2.00 e. The first-order valence-corrected chi connectivity index (χ1v) is 6.19. The number of thioether (sulfide) groups is 4. The Morgan fingerprint density at radius 1 is 0.636 bits per heavy atom. The third kappa shape index (κ3) is 2.53. The molecule has 0 aliphatic carbocycles. The van der Waals surface area contributed by atoms with Crippen LogP contribution < -0.4 is 0 Å². The standard InChI is InChI=1S/C6H4S4.Ni/c1-2-8-5(7-1)6-9-3-4-10-6;/h1-4H;/q;+2. The average Bonchev–Trinajstić information content (AvgIpc) is 2.59. The van der Waals surface area contributed by atoms with Crippen molar-refractivity contribution in [3.05, 3.63) is 30.1 Å². The minimum absolute atomic E-state index is 0. The van der Waals surface area contributed by atoms with Crippen molar-refractivity contribution >= 4 is 47.0 Å². The van der Waals surface area contributed by atoms with Crippen LogP contribution >= 0.6 is 47.0 Å². The zero-order valence-corrected chi connectivity index (χ0v) is 9.51. The van der Waals surface area contributed by atoms with E-state index in [1.165, 1.54) is 8.47 Å². The second-order valence-corrected chi connectivity index (χ2v) is 5.77. The summed E-state index contributed by atoms with van der Waals surface area (Å²) in [7, 11) is 0. The van der Waals surface area contributed by atoms with Crippen LogP contribution in [0, 0.1) is 0 Å². The molecule has 0 saturated heterocycles. The minimum atomic E-state index is 0. The van der Waals surface area contributed by atoms with Gasteiger partial charge >= 0.3 is 16.5 Å². The molecule has 0 aromatic heterocycles. The normalized spacial score (nSPS) is 21.1. The van der Waals surface area contributed by atoms with Crippen LogP contribution in [-0.2, 0) is 16.5 Å². The van der Waals surface area contributed by atoms with E-state index in [9.17, 15) is 0 Å². The van der Waals surface area contributed by atoms with Crippen molar-refractivity contribution in [2.24, 2.45) is 0 Å². The molecule has 2 rings (SSSR count). The summed E-state index contributed by atoms with van der Waals surface area (Å²) >= 11 is 7.28.